The maximum absolute atomic E-state index is 12.6. The van der Waals surface area contributed by atoms with E-state index in [9.17, 15) is 9.59 Å². The van der Waals surface area contributed by atoms with Crippen LogP contribution in [0.4, 0.5) is 5.69 Å². The van der Waals surface area contributed by atoms with Crippen LogP contribution >= 0.6 is 23.1 Å². The van der Waals surface area contributed by atoms with E-state index in [0.29, 0.717) is 5.69 Å². The van der Waals surface area contributed by atoms with E-state index in [0.717, 1.165) is 26.7 Å². The summed E-state index contributed by atoms with van der Waals surface area (Å²) in [6, 6.07) is 21.1. The van der Waals surface area contributed by atoms with Crippen LogP contribution in [-0.4, -0.2) is 27.3 Å². The molecule has 4 aromatic rings. The molecule has 0 aliphatic heterocycles. The maximum Gasteiger partial charge on any atom is 0.248 e. The van der Waals surface area contributed by atoms with E-state index in [1.165, 1.54) is 17.8 Å². The molecule has 0 bridgehead atoms. The molecule has 0 aliphatic rings. The lowest BCUT2D eigenvalue weighted by Gasteiger charge is -2.08. The van der Waals surface area contributed by atoms with Gasteiger partial charge in [-0.3, -0.25) is 9.59 Å². The van der Waals surface area contributed by atoms with Crippen molar-refractivity contribution in [2.24, 2.45) is 5.73 Å². The van der Waals surface area contributed by atoms with Gasteiger partial charge in [0.15, 0.2) is 0 Å². The van der Waals surface area contributed by atoms with Crippen LogP contribution in [0.5, 0.6) is 0 Å². The number of benzene rings is 2. The van der Waals surface area contributed by atoms with Crippen molar-refractivity contribution in [2.75, 3.05) is 11.1 Å². The van der Waals surface area contributed by atoms with Crippen molar-refractivity contribution in [1.29, 1.82) is 0 Å². The number of thioether (sulfide) groups is 1. The summed E-state index contributed by atoms with van der Waals surface area (Å²) in [5, 5.41) is 9.61. The second-order valence-electron chi connectivity index (χ2n) is 6.76. The average Bonchev–Trinajstić information content (AvgIpc) is 3.47. The largest absolute Gasteiger partial charge is 0.369 e. The highest BCUT2D eigenvalue weighted by Crippen LogP contribution is 2.29. The fourth-order valence-corrected chi connectivity index (χ4v) is 4.49. The van der Waals surface area contributed by atoms with Crippen molar-refractivity contribution >= 4 is 46.7 Å². The third-order valence-corrected chi connectivity index (χ3v) is 6.42. The summed E-state index contributed by atoms with van der Waals surface area (Å²) in [7, 11) is 0. The minimum absolute atomic E-state index is 0.144. The monoisotopic (exact) mass is 460 g/mol. The minimum atomic E-state index is -0.410. The highest BCUT2D eigenvalue weighted by molar-refractivity contribution is 8.00. The van der Waals surface area contributed by atoms with Gasteiger partial charge in [0.05, 0.1) is 22.0 Å². The first kappa shape index (κ1) is 21.6. The number of hydrogen-bond acceptors (Lipinski definition) is 5. The van der Waals surface area contributed by atoms with Crippen molar-refractivity contribution in [1.82, 2.24) is 9.78 Å². The second kappa shape index (κ2) is 10.1. The molecule has 2 aromatic carbocycles. The van der Waals surface area contributed by atoms with Crippen LogP contribution in [0.1, 0.15) is 5.56 Å². The predicted molar refractivity (Wildman–Crippen MR) is 131 cm³/mol. The van der Waals surface area contributed by atoms with Gasteiger partial charge in [0.25, 0.3) is 0 Å². The number of aromatic nitrogens is 2. The summed E-state index contributed by atoms with van der Waals surface area (Å²) in [4.78, 5) is 25.5. The van der Waals surface area contributed by atoms with Crippen molar-refractivity contribution in [3.05, 3.63) is 89.9 Å². The molecule has 0 spiro atoms. The Kier molecular flexibility index (Phi) is 6.84. The Hall–Kier alpha value is -3.62. The van der Waals surface area contributed by atoms with Gasteiger partial charge in [0.1, 0.15) is 5.69 Å². The summed E-state index contributed by atoms with van der Waals surface area (Å²) >= 11 is 2.88. The van der Waals surface area contributed by atoms with Crippen LogP contribution in [0.2, 0.25) is 0 Å². The summed E-state index contributed by atoms with van der Waals surface area (Å²) in [5.74, 6) is -0.541. The number of nitrogens with two attached hydrogens (primary N) is 1. The van der Waals surface area contributed by atoms with Gasteiger partial charge >= 0.3 is 0 Å². The van der Waals surface area contributed by atoms with Crippen LogP contribution in [0.3, 0.4) is 0 Å². The zero-order valence-corrected chi connectivity index (χ0v) is 18.6. The third-order valence-electron chi connectivity index (χ3n) is 4.45. The van der Waals surface area contributed by atoms with E-state index in [1.807, 2.05) is 76.9 Å². The number of amides is 2. The van der Waals surface area contributed by atoms with Gasteiger partial charge < -0.3 is 11.1 Å². The van der Waals surface area contributed by atoms with Crippen LogP contribution in [0.15, 0.2) is 89.3 Å². The highest BCUT2D eigenvalue weighted by Gasteiger charge is 2.12. The first-order valence-electron chi connectivity index (χ1n) is 9.78. The zero-order valence-electron chi connectivity index (χ0n) is 17.0. The fraction of sp³-hybridized carbons (Fsp3) is 0.0417. The Balaban J connectivity index is 1.56. The molecule has 2 heterocycles. The SMILES string of the molecule is NC(=O)CSc1ccccc1NC(=O)/C=C/c1cn(-c2ccccc2)nc1-c1cccs1. The fourth-order valence-electron chi connectivity index (χ4n) is 3.01. The van der Waals surface area contributed by atoms with E-state index in [1.54, 1.807) is 23.5 Å². The molecule has 2 aromatic heterocycles. The normalized spacial score (nSPS) is 11.0. The Labute approximate surface area is 193 Å². The van der Waals surface area contributed by atoms with E-state index in [2.05, 4.69) is 5.32 Å². The number of para-hydroxylation sites is 2. The van der Waals surface area contributed by atoms with Gasteiger partial charge in [-0.2, -0.15) is 5.10 Å². The Morgan fingerprint density at radius 2 is 1.84 bits per heavy atom. The average molecular weight is 461 g/mol. The van der Waals surface area contributed by atoms with Gasteiger partial charge in [-0.05, 0) is 41.8 Å². The van der Waals surface area contributed by atoms with Crippen LogP contribution in [0, 0.1) is 0 Å². The molecular weight excluding hydrogens is 440 g/mol. The van der Waals surface area contributed by atoms with E-state index in [4.69, 9.17) is 10.8 Å². The minimum Gasteiger partial charge on any atom is -0.369 e. The maximum atomic E-state index is 12.6. The Morgan fingerprint density at radius 3 is 2.59 bits per heavy atom. The Bertz CT molecular complexity index is 1250. The molecule has 8 heteroatoms. The highest BCUT2D eigenvalue weighted by atomic mass is 32.2. The zero-order chi connectivity index (χ0) is 22.3. The molecule has 0 atom stereocenters. The first-order valence-corrected chi connectivity index (χ1v) is 11.6. The van der Waals surface area contributed by atoms with Gasteiger partial charge in [-0.25, -0.2) is 4.68 Å². The molecule has 2 amide bonds. The van der Waals surface area contributed by atoms with Gasteiger partial charge in [0.2, 0.25) is 11.8 Å². The summed E-state index contributed by atoms with van der Waals surface area (Å²) in [6.07, 6.45) is 5.15. The first-order chi connectivity index (χ1) is 15.6. The summed E-state index contributed by atoms with van der Waals surface area (Å²) in [6.45, 7) is 0. The van der Waals surface area contributed by atoms with E-state index < -0.39 is 5.91 Å². The Morgan fingerprint density at radius 1 is 1.06 bits per heavy atom. The van der Waals surface area contributed by atoms with Crippen molar-refractivity contribution in [3.8, 4) is 16.3 Å². The number of nitrogens with zero attached hydrogens (tertiary/aromatic N) is 2. The van der Waals surface area contributed by atoms with Crippen LogP contribution in [-0.2, 0) is 9.59 Å². The van der Waals surface area contributed by atoms with Crippen LogP contribution in [0.25, 0.3) is 22.3 Å². The topological polar surface area (TPSA) is 90.0 Å². The molecule has 0 unspecified atom stereocenters. The van der Waals surface area contributed by atoms with Gasteiger partial charge in [0, 0.05) is 22.7 Å². The number of nitrogens with one attached hydrogen (secondary N) is 1. The number of rotatable bonds is 8. The van der Waals surface area contributed by atoms with Crippen molar-refractivity contribution < 1.29 is 9.59 Å². The molecular formula is C24H20N4O2S2. The van der Waals surface area contributed by atoms with Gasteiger partial charge in [-0.15, -0.1) is 23.1 Å². The standard InChI is InChI=1S/C24H20N4O2S2/c25-22(29)16-32-20-10-5-4-9-19(20)26-23(30)13-12-17-15-28(18-7-2-1-3-8-18)27-24(17)21-11-6-14-31-21/h1-15H,16H2,(H2,25,29)(H,26,30)/b13-12+. The number of hydrogen-bond donors (Lipinski definition) is 2. The lowest BCUT2D eigenvalue weighted by Crippen LogP contribution is -2.13. The summed E-state index contributed by atoms with van der Waals surface area (Å²) < 4.78 is 1.81. The molecule has 3 N–H and O–H groups in total. The van der Waals surface area contributed by atoms with E-state index >= 15 is 0 Å². The molecule has 0 radical (unpaired) electrons. The predicted octanol–water partition coefficient (Wildman–Crippen LogP) is 4.83. The number of carbonyl (C=O) groups is 2. The molecule has 0 fully saturated rings. The molecule has 0 aliphatic carbocycles. The quantitative estimate of drug-likeness (QED) is 0.291. The van der Waals surface area contributed by atoms with Gasteiger partial charge in [-0.1, -0.05) is 36.4 Å². The lowest BCUT2D eigenvalue weighted by atomic mass is 10.2. The number of thiophene rings is 1. The van der Waals surface area contributed by atoms with E-state index in [-0.39, 0.29) is 11.7 Å². The lowest BCUT2D eigenvalue weighted by molar-refractivity contribution is -0.115. The third kappa shape index (κ3) is 5.35. The molecule has 4 rings (SSSR count). The molecule has 160 valence electrons. The number of primary amides is 1. The van der Waals surface area contributed by atoms with Crippen molar-refractivity contribution in [2.45, 2.75) is 4.90 Å². The second-order valence-corrected chi connectivity index (χ2v) is 8.73. The number of carbonyl (C=O) groups excluding carboxylic acids is 2. The van der Waals surface area contributed by atoms with Crippen molar-refractivity contribution in [3.63, 3.8) is 0 Å². The molecule has 6 nitrogen and oxygen atoms in total. The smallest absolute Gasteiger partial charge is 0.248 e. The molecule has 0 saturated carbocycles. The number of anilines is 1. The van der Waals surface area contributed by atoms with Crippen LogP contribution < -0.4 is 11.1 Å². The molecule has 32 heavy (non-hydrogen) atoms. The molecule has 0 saturated heterocycles. The summed E-state index contributed by atoms with van der Waals surface area (Å²) in [5.41, 5.74) is 8.45.